The first-order valence-electron chi connectivity index (χ1n) is 5.77. The van der Waals surface area contributed by atoms with Gasteiger partial charge in [-0.1, -0.05) is 0 Å². The molecule has 0 saturated heterocycles. The van der Waals surface area contributed by atoms with Gasteiger partial charge in [-0.25, -0.2) is 0 Å². The van der Waals surface area contributed by atoms with E-state index in [-0.39, 0.29) is 12.3 Å². The standard InChI is InChI=1S/C6H12O6.C5H11NO2/c7-1-3(9)5(11)6(12)4(10)2-8;1-4(5(7)8)6(2)3/h1,3-6,8-12H,2H2;4H,1-3H3,(H,7,8)/t3-,4-,5-,6-;/m1./s1. The summed E-state index contributed by atoms with van der Waals surface area (Å²) >= 11 is 0. The quantitative estimate of drug-likeness (QED) is 0.264. The Labute approximate surface area is 116 Å². The number of carboxylic acid groups (broad SMARTS) is 1. The van der Waals surface area contributed by atoms with E-state index in [0.29, 0.717) is 0 Å². The summed E-state index contributed by atoms with van der Waals surface area (Å²) in [4.78, 5) is 21.6. The molecule has 0 rings (SSSR count). The zero-order valence-electron chi connectivity index (χ0n) is 11.6. The number of likely N-dealkylation sites (N-methyl/N-ethyl adjacent to an activating group) is 1. The molecular formula is C11H23NO8. The van der Waals surface area contributed by atoms with E-state index in [1.807, 2.05) is 0 Å². The molecule has 120 valence electrons. The minimum atomic E-state index is -1.79. The smallest absolute Gasteiger partial charge is 0.320 e. The number of hydrogen-bond donors (Lipinski definition) is 6. The van der Waals surface area contributed by atoms with E-state index < -0.39 is 37.0 Å². The van der Waals surface area contributed by atoms with Crippen molar-refractivity contribution in [2.45, 2.75) is 37.4 Å². The molecular weight excluding hydrogens is 274 g/mol. The summed E-state index contributed by atoms with van der Waals surface area (Å²) in [6.07, 6.45) is -6.84. The Morgan fingerprint density at radius 2 is 1.60 bits per heavy atom. The second-order valence-electron chi connectivity index (χ2n) is 4.34. The average molecular weight is 297 g/mol. The first-order valence-corrected chi connectivity index (χ1v) is 5.77. The summed E-state index contributed by atoms with van der Waals surface area (Å²) in [5.74, 6) is -0.782. The van der Waals surface area contributed by atoms with Crippen LogP contribution in [0.5, 0.6) is 0 Å². The van der Waals surface area contributed by atoms with Crippen molar-refractivity contribution in [3.63, 3.8) is 0 Å². The summed E-state index contributed by atoms with van der Waals surface area (Å²) in [6.45, 7) is 0.881. The predicted octanol–water partition coefficient (Wildman–Crippen LogP) is -3.36. The first kappa shape index (κ1) is 21.2. The highest BCUT2D eigenvalue weighted by Crippen LogP contribution is 2.02. The van der Waals surface area contributed by atoms with Crippen molar-refractivity contribution >= 4 is 12.3 Å². The van der Waals surface area contributed by atoms with E-state index in [1.54, 1.807) is 25.9 Å². The molecule has 0 aromatic heterocycles. The Hall–Kier alpha value is -1.10. The van der Waals surface area contributed by atoms with Crippen LogP contribution in [0.15, 0.2) is 0 Å². The lowest BCUT2D eigenvalue weighted by atomic mass is 10.0. The topological polar surface area (TPSA) is 159 Å². The van der Waals surface area contributed by atoms with E-state index in [2.05, 4.69) is 0 Å². The molecule has 0 aliphatic carbocycles. The number of carboxylic acids is 1. The van der Waals surface area contributed by atoms with Gasteiger partial charge in [0.25, 0.3) is 0 Å². The van der Waals surface area contributed by atoms with Crippen LogP contribution in [0.1, 0.15) is 6.92 Å². The molecule has 0 bridgehead atoms. The van der Waals surface area contributed by atoms with Crippen molar-refractivity contribution in [3.8, 4) is 0 Å². The van der Waals surface area contributed by atoms with Gasteiger partial charge in [0.15, 0.2) is 6.29 Å². The number of carbonyl (C=O) groups is 2. The van der Waals surface area contributed by atoms with Crippen molar-refractivity contribution in [2.75, 3.05) is 20.7 Å². The van der Waals surface area contributed by atoms with Crippen LogP contribution in [0, 0.1) is 0 Å². The third-order valence-corrected chi connectivity index (χ3v) is 2.55. The molecule has 1 unspecified atom stereocenters. The van der Waals surface area contributed by atoms with Crippen LogP contribution in [0.3, 0.4) is 0 Å². The number of rotatable bonds is 7. The molecule has 0 heterocycles. The fourth-order valence-electron chi connectivity index (χ4n) is 0.839. The lowest BCUT2D eigenvalue weighted by molar-refractivity contribution is -0.141. The third-order valence-electron chi connectivity index (χ3n) is 2.55. The van der Waals surface area contributed by atoms with E-state index in [0.717, 1.165) is 0 Å². The molecule has 0 fully saturated rings. The number of carbonyl (C=O) groups excluding carboxylic acids is 1. The molecule has 6 N–H and O–H groups in total. The highest BCUT2D eigenvalue weighted by Gasteiger charge is 2.29. The van der Waals surface area contributed by atoms with Gasteiger partial charge in [0.05, 0.1) is 6.61 Å². The van der Waals surface area contributed by atoms with Crippen LogP contribution < -0.4 is 0 Å². The minimum absolute atomic E-state index is 0.0258. The van der Waals surface area contributed by atoms with Gasteiger partial charge in [-0.2, -0.15) is 0 Å². The van der Waals surface area contributed by atoms with Crippen molar-refractivity contribution in [3.05, 3.63) is 0 Å². The zero-order valence-corrected chi connectivity index (χ0v) is 11.6. The van der Waals surface area contributed by atoms with E-state index in [1.165, 1.54) is 0 Å². The SMILES string of the molecule is CC(C(=O)O)N(C)C.O=C[C@@H](O)[C@@H](O)[C@H](O)[C@H](O)CO. The number of aldehydes is 1. The van der Waals surface area contributed by atoms with Crippen LogP contribution in [-0.4, -0.2) is 99.0 Å². The maximum atomic E-state index is 10.1. The molecule has 0 aliphatic heterocycles. The number of aliphatic hydroxyl groups excluding tert-OH is 5. The van der Waals surface area contributed by atoms with E-state index in [4.69, 9.17) is 30.6 Å². The highest BCUT2D eigenvalue weighted by molar-refractivity contribution is 5.72. The summed E-state index contributed by atoms with van der Waals surface area (Å²) in [5, 5.41) is 51.8. The molecule has 0 aliphatic rings. The highest BCUT2D eigenvalue weighted by atomic mass is 16.4. The average Bonchev–Trinajstić information content (AvgIpc) is 2.43. The van der Waals surface area contributed by atoms with Crippen LogP contribution in [-0.2, 0) is 9.59 Å². The molecule has 0 saturated carbocycles. The first-order chi connectivity index (χ1) is 9.09. The van der Waals surface area contributed by atoms with Crippen molar-refractivity contribution in [1.29, 1.82) is 0 Å². The van der Waals surface area contributed by atoms with E-state index in [9.17, 15) is 9.59 Å². The van der Waals surface area contributed by atoms with E-state index >= 15 is 0 Å². The van der Waals surface area contributed by atoms with Gasteiger partial charge >= 0.3 is 5.97 Å². The molecule has 0 aromatic rings. The van der Waals surface area contributed by atoms with Gasteiger partial charge in [0.2, 0.25) is 0 Å². The third kappa shape index (κ3) is 8.15. The summed E-state index contributed by atoms with van der Waals surface area (Å²) in [7, 11) is 3.47. The molecule has 9 heteroatoms. The van der Waals surface area contributed by atoms with Crippen LogP contribution in [0.2, 0.25) is 0 Å². The fraction of sp³-hybridized carbons (Fsp3) is 0.818. The molecule has 0 radical (unpaired) electrons. The predicted molar refractivity (Wildman–Crippen MR) is 68.0 cm³/mol. The lowest BCUT2D eigenvalue weighted by Gasteiger charge is -2.22. The van der Waals surface area contributed by atoms with Gasteiger partial charge in [0, 0.05) is 0 Å². The van der Waals surface area contributed by atoms with Gasteiger partial charge in [-0.3, -0.25) is 9.69 Å². The zero-order chi connectivity index (χ0) is 16.5. The summed E-state index contributed by atoms with van der Waals surface area (Å²) < 4.78 is 0. The maximum Gasteiger partial charge on any atom is 0.320 e. The Bertz CT molecular complexity index is 286. The Morgan fingerprint density at radius 1 is 1.15 bits per heavy atom. The molecule has 9 nitrogen and oxygen atoms in total. The van der Waals surface area contributed by atoms with Gasteiger partial charge in [-0.05, 0) is 21.0 Å². The van der Waals surface area contributed by atoms with Crippen molar-refractivity contribution < 1.29 is 40.2 Å². The van der Waals surface area contributed by atoms with Crippen LogP contribution in [0.4, 0.5) is 0 Å². The molecule has 20 heavy (non-hydrogen) atoms. The van der Waals surface area contributed by atoms with Gasteiger partial charge < -0.3 is 35.4 Å². The molecule has 5 atom stereocenters. The minimum Gasteiger partial charge on any atom is -0.480 e. The van der Waals surface area contributed by atoms with Gasteiger partial charge in [0.1, 0.15) is 30.5 Å². The number of aliphatic carboxylic acids is 1. The maximum absolute atomic E-state index is 10.1. The lowest BCUT2D eigenvalue weighted by Crippen LogP contribution is -2.46. The largest absolute Gasteiger partial charge is 0.480 e. The summed E-state index contributed by atoms with van der Waals surface area (Å²) in [6, 6.07) is -0.380. The second-order valence-corrected chi connectivity index (χ2v) is 4.34. The molecule has 0 spiro atoms. The Morgan fingerprint density at radius 3 is 1.80 bits per heavy atom. The summed E-state index contributed by atoms with van der Waals surface area (Å²) in [5.41, 5.74) is 0. The number of nitrogens with zero attached hydrogens (tertiary/aromatic N) is 1. The number of hydrogen-bond acceptors (Lipinski definition) is 8. The van der Waals surface area contributed by atoms with Gasteiger partial charge in [-0.15, -0.1) is 0 Å². The van der Waals surface area contributed by atoms with Crippen molar-refractivity contribution in [2.24, 2.45) is 0 Å². The van der Waals surface area contributed by atoms with Crippen LogP contribution >= 0.6 is 0 Å². The fourth-order valence-corrected chi connectivity index (χ4v) is 0.839. The Balaban J connectivity index is 0. The second kappa shape index (κ2) is 10.7. The number of aliphatic hydroxyl groups is 5. The monoisotopic (exact) mass is 297 g/mol. The molecule has 0 amide bonds. The van der Waals surface area contributed by atoms with Crippen LogP contribution in [0.25, 0.3) is 0 Å². The van der Waals surface area contributed by atoms with Crippen molar-refractivity contribution in [1.82, 2.24) is 4.90 Å². The Kier molecular flexibility index (Phi) is 11.3. The normalized spacial score (nSPS) is 18.2. The molecule has 0 aromatic carbocycles.